The fourth-order valence-electron chi connectivity index (χ4n) is 3.12. The van der Waals surface area contributed by atoms with Gasteiger partial charge in [-0.2, -0.15) is 13.2 Å². The van der Waals surface area contributed by atoms with Crippen LogP contribution in [-0.4, -0.2) is 47.1 Å². The molecular weight excluding hydrogens is 342 g/mol. The Morgan fingerprint density at radius 2 is 2.16 bits per heavy atom. The van der Waals surface area contributed by atoms with E-state index < -0.39 is 36.6 Å². The first kappa shape index (κ1) is 17.5. The molecule has 2 aromatic rings. The zero-order valence-electron chi connectivity index (χ0n) is 13.1. The quantitative estimate of drug-likeness (QED) is 0.735. The minimum absolute atomic E-state index is 0.143. The lowest BCUT2D eigenvalue weighted by Gasteiger charge is -2.28. The molecule has 1 aliphatic rings. The molecule has 25 heavy (non-hydrogen) atoms. The number of aromatic nitrogens is 1. The predicted molar refractivity (Wildman–Crippen MR) is 84.7 cm³/mol. The van der Waals surface area contributed by atoms with Crippen LogP contribution in [0, 0.1) is 0 Å². The number of carboxylic acid groups (broad SMARTS) is 1. The van der Waals surface area contributed by atoms with Gasteiger partial charge in [0.1, 0.15) is 18.4 Å². The summed E-state index contributed by atoms with van der Waals surface area (Å²) >= 11 is 0. The average Bonchev–Trinajstić information content (AvgIpc) is 2.88. The Morgan fingerprint density at radius 1 is 1.40 bits per heavy atom. The first-order chi connectivity index (χ1) is 11.8. The lowest BCUT2D eigenvalue weighted by atomic mass is 10.0. The molecule has 1 aromatic heterocycles. The second-order valence-electron chi connectivity index (χ2n) is 6.03. The topological polar surface area (TPSA) is 66.3 Å². The van der Waals surface area contributed by atoms with E-state index in [1.807, 2.05) is 0 Å². The highest BCUT2D eigenvalue weighted by molar-refractivity contribution is 6.00. The molecule has 1 saturated heterocycles. The largest absolute Gasteiger partial charge is 0.477 e. The van der Waals surface area contributed by atoms with Crippen LogP contribution in [0.3, 0.4) is 0 Å². The number of carbonyl (C=O) groups is 1. The molecule has 136 valence electrons. The number of aromatic carboxylic acids is 1. The maximum absolute atomic E-state index is 14.0. The van der Waals surface area contributed by atoms with Crippen molar-refractivity contribution >= 4 is 22.6 Å². The number of alkyl halides is 4. The van der Waals surface area contributed by atoms with Crippen molar-refractivity contribution in [3.05, 3.63) is 30.0 Å². The first-order valence-corrected chi connectivity index (χ1v) is 7.80. The van der Waals surface area contributed by atoms with E-state index in [0.29, 0.717) is 24.0 Å². The molecule has 0 aliphatic carbocycles. The molecule has 2 atom stereocenters. The Labute approximate surface area is 140 Å². The van der Waals surface area contributed by atoms with Crippen LogP contribution in [0.1, 0.15) is 16.9 Å². The maximum Gasteiger partial charge on any atom is 0.406 e. The molecule has 0 spiro atoms. The summed E-state index contributed by atoms with van der Waals surface area (Å²) < 4.78 is 53.2. The molecule has 2 heterocycles. The molecule has 9 heteroatoms. The summed E-state index contributed by atoms with van der Waals surface area (Å²) in [4.78, 5) is 11.4. The molecule has 3 rings (SSSR count). The van der Waals surface area contributed by atoms with Crippen LogP contribution in [0.5, 0.6) is 0 Å². The Morgan fingerprint density at radius 3 is 2.80 bits per heavy atom. The molecule has 0 radical (unpaired) electrons. The third-order valence-corrected chi connectivity index (χ3v) is 4.25. The third-order valence-electron chi connectivity index (χ3n) is 4.25. The SMILES string of the molecule is O=C(O)c1cc2c(N[C@@H]3CCNC[C@@H]3F)cccc2n1CC(F)(F)F. The summed E-state index contributed by atoms with van der Waals surface area (Å²) in [6.45, 7) is -0.576. The smallest absolute Gasteiger partial charge is 0.406 e. The standard InChI is InChI=1S/C16H17F4N3O2/c17-10-7-21-5-4-12(10)22-11-2-1-3-13-9(11)6-14(15(24)25)23(13)8-16(18,19)20/h1-3,6,10,12,21-22H,4-5,7-8H2,(H,24,25)/t10-,12+/m0/s1. The summed E-state index contributed by atoms with van der Waals surface area (Å²) in [5.41, 5.74) is 0.114. The zero-order chi connectivity index (χ0) is 18.2. The van der Waals surface area contributed by atoms with Gasteiger partial charge in [-0.15, -0.1) is 0 Å². The number of halogens is 4. The number of hydrogen-bond donors (Lipinski definition) is 3. The van der Waals surface area contributed by atoms with Crippen molar-refractivity contribution in [3.63, 3.8) is 0 Å². The summed E-state index contributed by atoms with van der Waals surface area (Å²) in [7, 11) is 0. The van der Waals surface area contributed by atoms with Crippen LogP contribution in [0.4, 0.5) is 23.2 Å². The molecule has 1 fully saturated rings. The Bertz CT molecular complexity index is 788. The van der Waals surface area contributed by atoms with Crippen molar-refractivity contribution in [2.75, 3.05) is 18.4 Å². The predicted octanol–water partition coefficient (Wildman–Crippen LogP) is 3.01. The normalized spacial score (nSPS) is 21.4. The molecule has 5 nitrogen and oxygen atoms in total. The number of nitrogens with one attached hydrogen (secondary N) is 2. The Kier molecular flexibility index (Phi) is 4.59. The van der Waals surface area contributed by atoms with Gasteiger partial charge in [-0.05, 0) is 31.2 Å². The molecule has 3 N–H and O–H groups in total. The van der Waals surface area contributed by atoms with E-state index in [1.165, 1.54) is 18.2 Å². The Hall–Kier alpha value is -2.29. The van der Waals surface area contributed by atoms with Crippen molar-refractivity contribution in [1.82, 2.24) is 9.88 Å². The molecule has 0 unspecified atom stereocenters. The van der Waals surface area contributed by atoms with Crippen molar-refractivity contribution in [3.8, 4) is 0 Å². The van der Waals surface area contributed by atoms with Gasteiger partial charge in [-0.1, -0.05) is 6.07 Å². The second kappa shape index (κ2) is 6.55. The molecule has 0 saturated carbocycles. The minimum atomic E-state index is -4.56. The van der Waals surface area contributed by atoms with E-state index in [4.69, 9.17) is 0 Å². The third kappa shape index (κ3) is 3.71. The van der Waals surface area contributed by atoms with Gasteiger partial charge < -0.3 is 20.3 Å². The highest BCUT2D eigenvalue weighted by atomic mass is 19.4. The van der Waals surface area contributed by atoms with Crippen molar-refractivity contribution < 1.29 is 27.5 Å². The lowest BCUT2D eigenvalue weighted by molar-refractivity contribution is -0.140. The van der Waals surface area contributed by atoms with Gasteiger partial charge in [-0.3, -0.25) is 0 Å². The summed E-state index contributed by atoms with van der Waals surface area (Å²) in [5.74, 6) is -1.45. The molecule has 1 aliphatic heterocycles. The van der Waals surface area contributed by atoms with Gasteiger partial charge in [0.15, 0.2) is 0 Å². The summed E-state index contributed by atoms with van der Waals surface area (Å²) in [6.07, 6.45) is -5.18. The van der Waals surface area contributed by atoms with Gasteiger partial charge in [0, 0.05) is 17.6 Å². The van der Waals surface area contributed by atoms with Gasteiger partial charge in [-0.25, -0.2) is 9.18 Å². The average molecular weight is 359 g/mol. The van der Waals surface area contributed by atoms with E-state index in [-0.39, 0.29) is 12.1 Å². The molecule has 0 bridgehead atoms. The maximum atomic E-state index is 14.0. The van der Waals surface area contributed by atoms with Crippen LogP contribution in [-0.2, 0) is 6.54 Å². The van der Waals surface area contributed by atoms with Gasteiger partial charge in [0.05, 0.1) is 11.6 Å². The van der Waals surface area contributed by atoms with Gasteiger partial charge in [0.2, 0.25) is 0 Å². The number of carboxylic acids is 1. The fraction of sp³-hybridized carbons (Fsp3) is 0.438. The molecule has 0 amide bonds. The van der Waals surface area contributed by atoms with Crippen molar-refractivity contribution in [1.29, 1.82) is 0 Å². The van der Waals surface area contributed by atoms with Crippen LogP contribution < -0.4 is 10.6 Å². The Balaban J connectivity index is 2.03. The number of fused-ring (bicyclic) bond motifs is 1. The number of benzene rings is 1. The highest BCUT2D eigenvalue weighted by Crippen LogP contribution is 2.31. The van der Waals surface area contributed by atoms with E-state index in [9.17, 15) is 27.5 Å². The zero-order valence-corrected chi connectivity index (χ0v) is 13.1. The highest BCUT2D eigenvalue weighted by Gasteiger charge is 2.32. The number of rotatable bonds is 4. The van der Waals surface area contributed by atoms with Crippen LogP contribution in [0.25, 0.3) is 10.9 Å². The second-order valence-corrected chi connectivity index (χ2v) is 6.03. The fourth-order valence-corrected chi connectivity index (χ4v) is 3.12. The monoisotopic (exact) mass is 359 g/mol. The number of hydrogen-bond acceptors (Lipinski definition) is 3. The van der Waals surface area contributed by atoms with Crippen molar-refractivity contribution in [2.24, 2.45) is 0 Å². The summed E-state index contributed by atoms with van der Waals surface area (Å²) in [6, 6.07) is 5.28. The van der Waals surface area contributed by atoms with Gasteiger partial charge >= 0.3 is 12.1 Å². The minimum Gasteiger partial charge on any atom is -0.477 e. The molecular formula is C16H17F4N3O2. The van der Waals surface area contributed by atoms with Crippen molar-refractivity contribution in [2.45, 2.75) is 31.4 Å². The van der Waals surface area contributed by atoms with Crippen LogP contribution in [0.15, 0.2) is 24.3 Å². The summed E-state index contributed by atoms with van der Waals surface area (Å²) in [5, 5.41) is 15.5. The van der Waals surface area contributed by atoms with Crippen LogP contribution >= 0.6 is 0 Å². The van der Waals surface area contributed by atoms with E-state index in [2.05, 4.69) is 10.6 Å². The first-order valence-electron chi connectivity index (χ1n) is 7.80. The molecule has 1 aromatic carbocycles. The van der Waals surface area contributed by atoms with E-state index in [0.717, 1.165) is 4.57 Å². The van der Waals surface area contributed by atoms with Crippen LogP contribution in [0.2, 0.25) is 0 Å². The number of anilines is 1. The number of piperidine rings is 1. The lowest BCUT2D eigenvalue weighted by Crippen LogP contribution is -2.45. The van der Waals surface area contributed by atoms with E-state index >= 15 is 0 Å². The van der Waals surface area contributed by atoms with Gasteiger partial charge in [0.25, 0.3) is 0 Å². The van der Waals surface area contributed by atoms with E-state index in [1.54, 1.807) is 6.07 Å². The number of nitrogens with zero attached hydrogens (tertiary/aromatic N) is 1.